The summed E-state index contributed by atoms with van der Waals surface area (Å²) < 4.78 is 34.4. The number of fused-ring (bicyclic) bond motifs is 2. The second-order valence-electron chi connectivity index (χ2n) is 5.35. The van der Waals surface area contributed by atoms with Crippen molar-refractivity contribution in [3.8, 4) is 0 Å². The Morgan fingerprint density at radius 3 is 2.40 bits per heavy atom. The molecule has 2 rings (SSSR count). The van der Waals surface area contributed by atoms with Crippen molar-refractivity contribution in [2.75, 3.05) is 5.75 Å². The summed E-state index contributed by atoms with van der Waals surface area (Å²) in [5.74, 6) is -0.459. The average molecular weight is 234 g/mol. The Hall–Kier alpha value is -0.450. The third kappa shape index (κ3) is 1.35. The second-order valence-corrected chi connectivity index (χ2v) is 6.72. The van der Waals surface area contributed by atoms with E-state index in [9.17, 15) is 17.1 Å². The topological polar surface area (TPSA) is 51.2 Å². The first kappa shape index (κ1) is 11.0. The number of carbonyl (C=O) groups is 1. The number of halogens is 1. The van der Waals surface area contributed by atoms with Gasteiger partial charge in [0.1, 0.15) is 5.78 Å². The fraction of sp³-hybridized carbons (Fsp3) is 0.900. The highest BCUT2D eigenvalue weighted by molar-refractivity contribution is 7.86. The number of hydrogen-bond acceptors (Lipinski definition) is 3. The first-order chi connectivity index (χ1) is 6.69. The van der Waals surface area contributed by atoms with Gasteiger partial charge in [0.2, 0.25) is 0 Å². The number of ketones is 1. The van der Waals surface area contributed by atoms with Gasteiger partial charge in [-0.05, 0) is 24.2 Å². The van der Waals surface area contributed by atoms with Gasteiger partial charge in [-0.3, -0.25) is 4.79 Å². The molecule has 5 heteroatoms. The Bertz CT molecular complexity index is 412. The van der Waals surface area contributed by atoms with Gasteiger partial charge in [0.15, 0.2) is 0 Å². The molecule has 86 valence electrons. The number of hydrogen-bond donors (Lipinski definition) is 0. The van der Waals surface area contributed by atoms with Crippen LogP contribution in [0.1, 0.15) is 33.1 Å². The third-order valence-electron chi connectivity index (χ3n) is 4.56. The molecule has 0 heterocycles. The Kier molecular flexibility index (Phi) is 2.07. The van der Waals surface area contributed by atoms with Crippen LogP contribution in [0.5, 0.6) is 0 Å². The van der Waals surface area contributed by atoms with Gasteiger partial charge in [-0.2, -0.15) is 8.42 Å². The highest BCUT2D eigenvalue weighted by atomic mass is 32.3. The second kappa shape index (κ2) is 2.81. The van der Waals surface area contributed by atoms with Gasteiger partial charge >= 0.3 is 10.2 Å². The van der Waals surface area contributed by atoms with Crippen molar-refractivity contribution in [2.45, 2.75) is 33.1 Å². The molecule has 0 aromatic rings. The standard InChI is InChI=1S/C10H15FO3S/c1-9(2)7-3-4-10(9,8(12)5-7)6-15(11,13)14/h7H,3-6H2,1-2H3/t7?,10-/m1/s1. The molecule has 15 heavy (non-hydrogen) atoms. The predicted molar refractivity (Wildman–Crippen MR) is 53.5 cm³/mol. The Balaban J connectivity index is 2.45. The average Bonchev–Trinajstić information content (AvgIpc) is 2.34. The van der Waals surface area contributed by atoms with Crippen LogP contribution in [0.25, 0.3) is 0 Å². The molecule has 0 radical (unpaired) electrons. The van der Waals surface area contributed by atoms with E-state index < -0.39 is 21.4 Å². The highest BCUT2D eigenvalue weighted by Gasteiger charge is 2.65. The van der Waals surface area contributed by atoms with Crippen molar-refractivity contribution in [1.29, 1.82) is 0 Å². The molecule has 0 aliphatic heterocycles. The van der Waals surface area contributed by atoms with Gasteiger partial charge in [0.25, 0.3) is 0 Å². The van der Waals surface area contributed by atoms with Crippen LogP contribution in [-0.2, 0) is 15.0 Å². The maximum atomic E-state index is 12.8. The fourth-order valence-electron chi connectivity index (χ4n) is 3.40. The fourth-order valence-corrected chi connectivity index (χ4v) is 4.67. The van der Waals surface area contributed by atoms with Crippen LogP contribution < -0.4 is 0 Å². The largest absolute Gasteiger partial charge is 0.303 e. The number of carbonyl (C=O) groups excluding carboxylic acids is 1. The van der Waals surface area contributed by atoms with E-state index in [2.05, 4.69) is 0 Å². The van der Waals surface area contributed by atoms with Crippen molar-refractivity contribution in [3.63, 3.8) is 0 Å². The van der Waals surface area contributed by atoms with Crippen molar-refractivity contribution in [3.05, 3.63) is 0 Å². The van der Waals surface area contributed by atoms with Crippen LogP contribution >= 0.6 is 0 Å². The Morgan fingerprint density at radius 2 is 2.07 bits per heavy atom. The monoisotopic (exact) mass is 234 g/mol. The van der Waals surface area contributed by atoms with E-state index in [1.165, 1.54) is 0 Å². The molecule has 2 saturated carbocycles. The van der Waals surface area contributed by atoms with Crippen LogP contribution in [0, 0.1) is 16.7 Å². The predicted octanol–water partition coefficient (Wildman–Crippen LogP) is 1.68. The molecular weight excluding hydrogens is 219 g/mol. The van der Waals surface area contributed by atoms with Crippen LogP contribution in [0.3, 0.4) is 0 Å². The van der Waals surface area contributed by atoms with E-state index in [0.717, 1.165) is 6.42 Å². The Labute approximate surface area is 89.3 Å². The van der Waals surface area contributed by atoms with Crippen molar-refractivity contribution in [1.82, 2.24) is 0 Å². The first-order valence-electron chi connectivity index (χ1n) is 5.15. The summed E-state index contributed by atoms with van der Waals surface area (Å²) in [6, 6.07) is 0. The minimum atomic E-state index is -4.58. The molecule has 2 fully saturated rings. The van der Waals surface area contributed by atoms with Crippen molar-refractivity contribution >= 4 is 16.0 Å². The maximum Gasteiger partial charge on any atom is 0.303 e. The van der Waals surface area contributed by atoms with Crippen LogP contribution in [0.15, 0.2) is 0 Å². The van der Waals surface area contributed by atoms with Crippen molar-refractivity contribution in [2.24, 2.45) is 16.7 Å². The van der Waals surface area contributed by atoms with Gasteiger partial charge < -0.3 is 0 Å². The summed E-state index contributed by atoms with van der Waals surface area (Å²) in [4.78, 5) is 11.8. The quantitative estimate of drug-likeness (QED) is 0.683. The molecular formula is C10H15FO3S. The first-order valence-corrected chi connectivity index (χ1v) is 6.70. The lowest BCUT2D eigenvalue weighted by Crippen LogP contribution is -2.41. The SMILES string of the molecule is CC1(C)C2CC[C@@]1(CS(=O)(=O)F)C(=O)C2. The molecule has 0 N–H and O–H groups in total. The third-order valence-corrected chi connectivity index (χ3v) is 5.40. The summed E-state index contributed by atoms with van der Waals surface area (Å²) in [5, 5.41) is 0. The zero-order chi connectivity index (χ0) is 11.5. The lowest BCUT2D eigenvalue weighted by atomic mass is 9.70. The molecule has 1 unspecified atom stereocenters. The molecule has 3 nitrogen and oxygen atoms in total. The van der Waals surface area contributed by atoms with Crippen LogP contribution in [-0.4, -0.2) is 20.0 Å². The van der Waals surface area contributed by atoms with E-state index in [0.29, 0.717) is 12.8 Å². The minimum absolute atomic E-state index is 0.0648. The van der Waals surface area contributed by atoms with Crippen molar-refractivity contribution < 1.29 is 17.1 Å². The zero-order valence-electron chi connectivity index (χ0n) is 8.92. The Morgan fingerprint density at radius 1 is 1.47 bits per heavy atom. The van der Waals surface area contributed by atoms with Gasteiger partial charge in [0, 0.05) is 6.42 Å². The smallest absolute Gasteiger partial charge is 0.299 e. The lowest BCUT2D eigenvalue weighted by Gasteiger charge is -2.34. The van der Waals surface area contributed by atoms with Crippen LogP contribution in [0.4, 0.5) is 3.89 Å². The summed E-state index contributed by atoms with van der Waals surface area (Å²) >= 11 is 0. The summed E-state index contributed by atoms with van der Waals surface area (Å²) in [7, 11) is -4.58. The molecule has 2 aliphatic rings. The van der Waals surface area contributed by atoms with E-state index in [4.69, 9.17) is 0 Å². The summed E-state index contributed by atoms with van der Waals surface area (Å²) in [6.07, 6.45) is 1.78. The van der Waals surface area contributed by atoms with Crippen LogP contribution in [0.2, 0.25) is 0 Å². The van der Waals surface area contributed by atoms with Gasteiger partial charge in [0.05, 0.1) is 11.2 Å². The molecule has 0 aromatic carbocycles. The minimum Gasteiger partial charge on any atom is -0.299 e. The maximum absolute atomic E-state index is 12.8. The normalized spacial score (nSPS) is 38.6. The van der Waals surface area contributed by atoms with E-state index in [-0.39, 0.29) is 17.1 Å². The van der Waals surface area contributed by atoms with E-state index in [1.807, 2.05) is 13.8 Å². The van der Waals surface area contributed by atoms with Gasteiger partial charge in [-0.1, -0.05) is 13.8 Å². The molecule has 2 aliphatic carbocycles. The summed E-state index contributed by atoms with van der Waals surface area (Å²) in [5.41, 5.74) is -1.32. The molecule has 0 amide bonds. The summed E-state index contributed by atoms with van der Waals surface area (Å²) in [6.45, 7) is 3.78. The van der Waals surface area contributed by atoms with E-state index >= 15 is 0 Å². The molecule has 0 spiro atoms. The number of Topliss-reactive ketones (excluding diaryl/α,β-unsaturated/α-hetero) is 1. The molecule has 2 atom stereocenters. The van der Waals surface area contributed by atoms with Gasteiger partial charge in [-0.15, -0.1) is 3.89 Å². The molecule has 0 aromatic heterocycles. The van der Waals surface area contributed by atoms with Gasteiger partial charge in [-0.25, -0.2) is 0 Å². The van der Waals surface area contributed by atoms with E-state index in [1.54, 1.807) is 0 Å². The number of rotatable bonds is 2. The highest BCUT2D eigenvalue weighted by Crippen LogP contribution is 2.64. The zero-order valence-corrected chi connectivity index (χ0v) is 9.73. The molecule has 2 bridgehead atoms. The molecule has 0 saturated heterocycles. The lowest BCUT2D eigenvalue weighted by molar-refractivity contribution is -0.128.